The fraction of sp³-hybridized carbons (Fsp3) is 0.609. The van der Waals surface area contributed by atoms with Crippen molar-refractivity contribution in [2.75, 3.05) is 32.2 Å². The van der Waals surface area contributed by atoms with Crippen LogP contribution in [0.5, 0.6) is 0 Å². The minimum absolute atomic E-state index is 0.198. The minimum atomic E-state index is -0.469. The summed E-state index contributed by atoms with van der Waals surface area (Å²) in [6.07, 6.45) is 2.68. The summed E-state index contributed by atoms with van der Waals surface area (Å²) in [5.74, 6) is 1.09. The summed E-state index contributed by atoms with van der Waals surface area (Å²) in [4.78, 5) is 30.1. The lowest BCUT2D eigenvalue weighted by Gasteiger charge is -2.33. The Morgan fingerprint density at radius 2 is 1.94 bits per heavy atom. The van der Waals surface area contributed by atoms with Crippen LogP contribution in [0.1, 0.15) is 63.8 Å². The molecule has 1 N–H and O–H groups in total. The summed E-state index contributed by atoms with van der Waals surface area (Å²) in [5.41, 5.74) is 6.09. The average molecular weight is 431 g/mol. The smallest absolute Gasteiger partial charge is 0.410 e. The van der Waals surface area contributed by atoms with Crippen molar-refractivity contribution in [3.8, 4) is 0 Å². The molecule has 0 bridgehead atoms. The number of likely N-dealkylation sites (tertiary alicyclic amines) is 1. The van der Waals surface area contributed by atoms with Gasteiger partial charge in [0.05, 0.1) is 18.1 Å². The number of hydrogen-bond acceptors (Lipinski definition) is 6. The predicted molar refractivity (Wildman–Crippen MR) is 120 cm³/mol. The van der Waals surface area contributed by atoms with Crippen molar-refractivity contribution in [3.63, 3.8) is 0 Å². The van der Waals surface area contributed by atoms with E-state index < -0.39 is 5.60 Å². The SMILES string of the molecule is COC(=O)CCCNn1c(C)nc2cc(C3CCN(C(=O)OC(C)(C)C)CC3)ccc21. The van der Waals surface area contributed by atoms with Crippen LogP contribution >= 0.6 is 0 Å². The number of piperidine rings is 1. The van der Waals surface area contributed by atoms with Crippen LogP contribution in [0.2, 0.25) is 0 Å². The van der Waals surface area contributed by atoms with E-state index in [1.54, 1.807) is 4.90 Å². The molecule has 8 heteroatoms. The van der Waals surface area contributed by atoms with E-state index in [9.17, 15) is 9.59 Å². The zero-order valence-electron chi connectivity index (χ0n) is 19.2. The van der Waals surface area contributed by atoms with Gasteiger partial charge in [-0.15, -0.1) is 0 Å². The molecule has 1 aliphatic heterocycles. The molecule has 8 nitrogen and oxygen atoms in total. The summed E-state index contributed by atoms with van der Waals surface area (Å²) >= 11 is 0. The summed E-state index contributed by atoms with van der Waals surface area (Å²) in [6, 6.07) is 6.41. The molecule has 1 aliphatic rings. The van der Waals surface area contributed by atoms with Gasteiger partial charge in [-0.2, -0.15) is 0 Å². The molecule has 2 heterocycles. The number of ether oxygens (including phenoxy) is 2. The highest BCUT2D eigenvalue weighted by Gasteiger charge is 2.27. The Kier molecular flexibility index (Phi) is 7.08. The van der Waals surface area contributed by atoms with E-state index in [1.165, 1.54) is 12.7 Å². The van der Waals surface area contributed by atoms with Crippen LogP contribution in [0.15, 0.2) is 18.2 Å². The summed E-state index contributed by atoms with van der Waals surface area (Å²) in [7, 11) is 1.41. The van der Waals surface area contributed by atoms with E-state index in [1.807, 2.05) is 32.4 Å². The molecule has 2 aromatic rings. The molecule has 31 heavy (non-hydrogen) atoms. The van der Waals surface area contributed by atoms with Gasteiger partial charge in [0.25, 0.3) is 0 Å². The Labute approximate surface area is 183 Å². The fourth-order valence-electron chi connectivity index (χ4n) is 3.92. The molecular formula is C23H34N4O4. The summed E-state index contributed by atoms with van der Waals surface area (Å²) in [6.45, 7) is 9.70. The first kappa shape index (κ1) is 22.9. The van der Waals surface area contributed by atoms with E-state index in [4.69, 9.17) is 9.72 Å². The maximum absolute atomic E-state index is 12.3. The van der Waals surface area contributed by atoms with Gasteiger partial charge in [-0.25, -0.2) is 14.5 Å². The second-order valence-corrected chi connectivity index (χ2v) is 9.07. The molecule has 1 aromatic carbocycles. The molecule has 1 aromatic heterocycles. The van der Waals surface area contributed by atoms with Gasteiger partial charge in [0, 0.05) is 26.1 Å². The number of nitrogens with zero attached hydrogens (tertiary/aromatic N) is 3. The van der Waals surface area contributed by atoms with Crippen molar-refractivity contribution in [1.82, 2.24) is 14.6 Å². The number of hydrogen-bond donors (Lipinski definition) is 1. The number of rotatable bonds is 6. The molecule has 0 atom stereocenters. The molecule has 0 unspecified atom stereocenters. The van der Waals surface area contributed by atoms with Gasteiger partial charge in [-0.05, 0) is 70.6 Å². The molecular weight excluding hydrogens is 396 g/mol. The topological polar surface area (TPSA) is 85.7 Å². The Morgan fingerprint density at radius 3 is 2.58 bits per heavy atom. The summed E-state index contributed by atoms with van der Waals surface area (Å²) in [5, 5.41) is 0. The molecule has 170 valence electrons. The van der Waals surface area contributed by atoms with Crippen LogP contribution in [0.25, 0.3) is 11.0 Å². The van der Waals surface area contributed by atoms with Gasteiger partial charge in [0.1, 0.15) is 11.4 Å². The Hall–Kier alpha value is -2.77. The lowest BCUT2D eigenvalue weighted by Crippen LogP contribution is -2.41. The van der Waals surface area contributed by atoms with Gasteiger partial charge in [-0.3, -0.25) is 4.79 Å². The molecule has 0 spiro atoms. The van der Waals surface area contributed by atoms with Gasteiger partial charge in [0.2, 0.25) is 0 Å². The maximum Gasteiger partial charge on any atom is 0.410 e. The molecule has 0 aliphatic carbocycles. The van der Waals surface area contributed by atoms with Crippen LogP contribution in [-0.4, -0.2) is 59.0 Å². The number of aryl methyl sites for hydroxylation is 1. The maximum atomic E-state index is 12.3. The molecule has 1 saturated heterocycles. The second-order valence-electron chi connectivity index (χ2n) is 9.07. The van der Waals surface area contributed by atoms with Crippen LogP contribution < -0.4 is 5.43 Å². The highest BCUT2D eigenvalue weighted by Crippen LogP contribution is 2.30. The monoisotopic (exact) mass is 430 g/mol. The van der Waals surface area contributed by atoms with Crippen LogP contribution in [-0.2, 0) is 14.3 Å². The molecule has 3 rings (SSSR count). The number of benzene rings is 1. The zero-order chi connectivity index (χ0) is 22.6. The number of carbonyl (C=O) groups is 2. The quantitative estimate of drug-likeness (QED) is 0.552. The first-order chi connectivity index (χ1) is 14.7. The number of aromatic nitrogens is 2. The third kappa shape index (κ3) is 5.89. The van der Waals surface area contributed by atoms with Gasteiger partial charge >= 0.3 is 12.1 Å². The highest BCUT2D eigenvalue weighted by atomic mass is 16.6. The number of methoxy groups -OCH3 is 1. The van der Waals surface area contributed by atoms with E-state index >= 15 is 0 Å². The lowest BCUT2D eigenvalue weighted by molar-refractivity contribution is -0.140. The molecule has 0 saturated carbocycles. The molecule has 1 amide bonds. The summed E-state index contributed by atoms with van der Waals surface area (Å²) < 4.78 is 12.1. The lowest BCUT2D eigenvalue weighted by atomic mass is 9.89. The second kappa shape index (κ2) is 9.58. The number of imidazole rings is 1. The number of amides is 1. The van der Waals surface area contributed by atoms with Crippen LogP contribution in [0.4, 0.5) is 4.79 Å². The van der Waals surface area contributed by atoms with E-state index in [-0.39, 0.29) is 12.1 Å². The Morgan fingerprint density at radius 1 is 1.23 bits per heavy atom. The van der Waals surface area contributed by atoms with Crippen molar-refractivity contribution in [2.24, 2.45) is 0 Å². The van der Waals surface area contributed by atoms with Crippen LogP contribution in [0.3, 0.4) is 0 Å². The Balaban J connectivity index is 1.61. The van der Waals surface area contributed by atoms with E-state index in [2.05, 4.69) is 28.4 Å². The predicted octanol–water partition coefficient (Wildman–Crippen LogP) is 3.96. The first-order valence-corrected chi connectivity index (χ1v) is 11.0. The Bertz CT molecular complexity index is 924. The largest absolute Gasteiger partial charge is 0.469 e. The molecule has 1 fully saturated rings. The van der Waals surface area contributed by atoms with Gasteiger partial charge in [0.15, 0.2) is 0 Å². The highest BCUT2D eigenvalue weighted by molar-refractivity contribution is 5.77. The number of nitrogens with one attached hydrogen (secondary N) is 1. The average Bonchev–Trinajstić information content (AvgIpc) is 3.04. The van der Waals surface area contributed by atoms with E-state index in [0.717, 1.165) is 29.7 Å². The van der Waals surface area contributed by atoms with Crippen molar-refractivity contribution in [3.05, 3.63) is 29.6 Å². The third-order valence-corrected chi connectivity index (χ3v) is 5.52. The number of carbonyl (C=O) groups excluding carboxylic acids is 2. The van der Waals surface area contributed by atoms with Crippen molar-refractivity contribution >= 4 is 23.1 Å². The number of fused-ring (bicyclic) bond motifs is 1. The standard InChI is InChI=1S/C23H34N4O4/c1-16-25-19-15-18(8-9-20(19)27(16)24-12-6-7-21(28)30-5)17-10-13-26(14-11-17)22(29)31-23(2,3)4/h8-9,15,17,24H,6-7,10-14H2,1-5H3. The van der Waals surface area contributed by atoms with Gasteiger partial charge < -0.3 is 19.8 Å². The van der Waals surface area contributed by atoms with Crippen molar-refractivity contribution in [2.45, 2.75) is 64.9 Å². The first-order valence-electron chi connectivity index (χ1n) is 11.0. The normalized spacial score (nSPS) is 15.2. The van der Waals surface area contributed by atoms with Crippen LogP contribution in [0, 0.1) is 6.92 Å². The van der Waals surface area contributed by atoms with Crippen molar-refractivity contribution < 1.29 is 19.1 Å². The van der Waals surface area contributed by atoms with Crippen molar-refractivity contribution in [1.29, 1.82) is 0 Å². The zero-order valence-corrected chi connectivity index (χ0v) is 19.2. The third-order valence-electron chi connectivity index (χ3n) is 5.52. The minimum Gasteiger partial charge on any atom is -0.469 e. The number of esters is 1. The fourth-order valence-corrected chi connectivity index (χ4v) is 3.92. The van der Waals surface area contributed by atoms with E-state index in [0.29, 0.717) is 38.4 Å². The molecule has 0 radical (unpaired) electrons. The van der Waals surface area contributed by atoms with Gasteiger partial charge in [-0.1, -0.05) is 6.07 Å².